The van der Waals surface area contributed by atoms with Crippen molar-refractivity contribution >= 4 is 35.1 Å². The Morgan fingerprint density at radius 3 is 2.61 bits per heavy atom. The van der Waals surface area contributed by atoms with Crippen molar-refractivity contribution in [2.45, 2.75) is 24.3 Å². The lowest BCUT2D eigenvalue weighted by Gasteiger charge is -2.18. The highest BCUT2D eigenvalue weighted by Gasteiger charge is 2.37. The summed E-state index contributed by atoms with van der Waals surface area (Å²) < 4.78 is 18.3. The SMILES string of the molecule is CSc1cccc(N2C[C@H](C(=O)O[C@@H](C)C(=O)c3ccc(F)cc3)CC2=O)c1. The van der Waals surface area contributed by atoms with Crippen LogP contribution in [0.3, 0.4) is 0 Å². The number of hydrogen-bond acceptors (Lipinski definition) is 5. The van der Waals surface area contributed by atoms with Crippen LogP contribution in [0.25, 0.3) is 0 Å². The maximum Gasteiger partial charge on any atom is 0.312 e. The van der Waals surface area contributed by atoms with Gasteiger partial charge in [-0.2, -0.15) is 0 Å². The molecule has 1 saturated heterocycles. The Hall–Kier alpha value is -2.67. The number of anilines is 1. The van der Waals surface area contributed by atoms with Gasteiger partial charge in [0, 0.05) is 29.1 Å². The molecule has 28 heavy (non-hydrogen) atoms. The van der Waals surface area contributed by atoms with E-state index < -0.39 is 29.6 Å². The summed E-state index contributed by atoms with van der Waals surface area (Å²) in [6.45, 7) is 1.69. The summed E-state index contributed by atoms with van der Waals surface area (Å²) in [5, 5.41) is 0. The number of rotatable bonds is 6. The molecule has 0 radical (unpaired) electrons. The first-order valence-corrected chi connectivity index (χ1v) is 10.1. The van der Waals surface area contributed by atoms with E-state index in [4.69, 9.17) is 4.74 Å². The molecule has 1 aliphatic rings. The van der Waals surface area contributed by atoms with Crippen molar-refractivity contribution in [2.75, 3.05) is 17.7 Å². The number of ketones is 1. The Balaban J connectivity index is 1.64. The smallest absolute Gasteiger partial charge is 0.312 e. The highest BCUT2D eigenvalue weighted by atomic mass is 32.2. The number of esters is 1. The van der Waals surface area contributed by atoms with Crippen LogP contribution in [-0.4, -0.2) is 36.6 Å². The van der Waals surface area contributed by atoms with Gasteiger partial charge in [0.1, 0.15) is 5.82 Å². The number of nitrogens with zero attached hydrogens (tertiary/aromatic N) is 1. The number of amides is 1. The van der Waals surface area contributed by atoms with Crippen LogP contribution >= 0.6 is 11.8 Å². The van der Waals surface area contributed by atoms with Crippen molar-refractivity contribution in [1.29, 1.82) is 0 Å². The first-order valence-electron chi connectivity index (χ1n) is 8.83. The van der Waals surface area contributed by atoms with E-state index in [0.717, 1.165) is 10.6 Å². The number of carbonyl (C=O) groups is 3. The molecule has 0 saturated carbocycles. The Morgan fingerprint density at radius 1 is 1.21 bits per heavy atom. The van der Waals surface area contributed by atoms with Crippen molar-refractivity contribution in [1.82, 2.24) is 0 Å². The van der Waals surface area contributed by atoms with Gasteiger partial charge in [0.25, 0.3) is 0 Å². The molecular weight excluding hydrogens is 381 g/mol. The van der Waals surface area contributed by atoms with Gasteiger partial charge in [0.15, 0.2) is 6.10 Å². The number of hydrogen-bond donors (Lipinski definition) is 0. The van der Waals surface area contributed by atoms with E-state index in [2.05, 4.69) is 0 Å². The summed E-state index contributed by atoms with van der Waals surface area (Å²) >= 11 is 1.57. The van der Waals surface area contributed by atoms with Gasteiger partial charge in [0.2, 0.25) is 11.7 Å². The number of ether oxygens (including phenoxy) is 1. The summed E-state index contributed by atoms with van der Waals surface area (Å²) in [7, 11) is 0. The lowest BCUT2D eigenvalue weighted by atomic mass is 10.1. The highest BCUT2D eigenvalue weighted by molar-refractivity contribution is 7.98. The van der Waals surface area contributed by atoms with Crippen LogP contribution in [0.5, 0.6) is 0 Å². The summed E-state index contributed by atoms with van der Waals surface area (Å²) in [5.41, 5.74) is 1.00. The molecule has 0 aliphatic carbocycles. The van der Waals surface area contributed by atoms with Gasteiger partial charge in [-0.3, -0.25) is 14.4 Å². The van der Waals surface area contributed by atoms with Crippen LogP contribution in [0.4, 0.5) is 10.1 Å². The monoisotopic (exact) mass is 401 g/mol. The number of Topliss-reactive ketones (excluding diaryl/α,β-unsaturated/α-hetero) is 1. The molecular formula is C21H20FNO4S. The third-order valence-electron chi connectivity index (χ3n) is 4.61. The zero-order valence-corrected chi connectivity index (χ0v) is 16.4. The Bertz CT molecular complexity index is 900. The molecule has 0 bridgehead atoms. The van der Waals surface area contributed by atoms with Crippen molar-refractivity contribution in [2.24, 2.45) is 5.92 Å². The fraction of sp³-hybridized carbons (Fsp3) is 0.286. The summed E-state index contributed by atoms with van der Waals surface area (Å²) in [4.78, 5) is 39.8. The molecule has 0 unspecified atom stereocenters. The molecule has 2 aromatic rings. The van der Waals surface area contributed by atoms with Gasteiger partial charge in [-0.1, -0.05) is 6.07 Å². The van der Waals surface area contributed by atoms with Crippen LogP contribution in [0.1, 0.15) is 23.7 Å². The lowest BCUT2D eigenvalue weighted by molar-refractivity contribution is -0.151. The van der Waals surface area contributed by atoms with Crippen molar-refractivity contribution in [3.8, 4) is 0 Å². The Kier molecular flexibility index (Phi) is 6.14. The van der Waals surface area contributed by atoms with Gasteiger partial charge >= 0.3 is 5.97 Å². The quantitative estimate of drug-likeness (QED) is 0.419. The number of carbonyl (C=O) groups excluding carboxylic acids is 3. The molecule has 7 heteroatoms. The second kappa shape index (κ2) is 8.56. The van der Waals surface area contributed by atoms with E-state index >= 15 is 0 Å². The van der Waals surface area contributed by atoms with Crippen LogP contribution in [0.2, 0.25) is 0 Å². The van der Waals surface area contributed by atoms with Crippen molar-refractivity contribution in [3.05, 3.63) is 59.9 Å². The molecule has 1 heterocycles. The van der Waals surface area contributed by atoms with E-state index in [9.17, 15) is 18.8 Å². The Labute approximate surface area is 166 Å². The summed E-state index contributed by atoms with van der Waals surface area (Å²) in [6.07, 6.45) is 0.978. The maximum absolute atomic E-state index is 13.0. The Morgan fingerprint density at radius 2 is 1.93 bits per heavy atom. The number of benzene rings is 2. The minimum absolute atomic E-state index is 0.0415. The minimum Gasteiger partial charge on any atom is -0.454 e. The highest BCUT2D eigenvalue weighted by Crippen LogP contribution is 2.29. The first kappa shape index (κ1) is 20.1. The molecule has 0 aromatic heterocycles. The first-order chi connectivity index (χ1) is 13.4. The predicted molar refractivity (Wildman–Crippen MR) is 105 cm³/mol. The third kappa shape index (κ3) is 4.42. The zero-order valence-electron chi connectivity index (χ0n) is 15.6. The average molecular weight is 401 g/mol. The molecule has 2 aromatic carbocycles. The second-order valence-electron chi connectivity index (χ2n) is 6.56. The largest absolute Gasteiger partial charge is 0.454 e. The topological polar surface area (TPSA) is 63.7 Å². The summed E-state index contributed by atoms with van der Waals surface area (Å²) in [5.74, 6) is -2.23. The van der Waals surface area contributed by atoms with Crippen molar-refractivity contribution < 1.29 is 23.5 Å². The third-order valence-corrected chi connectivity index (χ3v) is 5.34. The lowest BCUT2D eigenvalue weighted by Crippen LogP contribution is -2.30. The zero-order chi connectivity index (χ0) is 20.3. The maximum atomic E-state index is 13.0. The van der Waals surface area contributed by atoms with Gasteiger partial charge in [-0.15, -0.1) is 11.8 Å². The van der Waals surface area contributed by atoms with Crippen molar-refractivity contribution in [3.63, 3.8) is 0 Å². The fourth-order valence-corrected chi connectivity index (χ4v) is 3.52. The van der Waals surface area contributed by atoms with Gasteiger partial charge in [0.05, 0.1) is 5.92 Å². The minimum atomic E-state index is -1.01. The molecule has 1 amide bonds. The van der Waals surface area contributed by atoms with Gasteiger partial charge in [-0.25, -0.2) is 4.39 Å². The predicted octanol–water partition coefficient (Wildman–Crippen LogP) is 3.72. The molecule has 146 valence electrons. The molecule has 0 spiro atoms. The van der Waals surface area contributed by atoms with E-state index in [0.29, 0.717) is 0 Å². The molecule has 5 nitrogen and oxygen atoms in total. The van der Waals surface area contributed by atoms with E-state index in [1.165, 1.54) is 31.2 Å². The normalized spacial score (nSPS) is 17.5. The molecule has 3 rings (SSSR count). The standard InChI is InChI=1S/C21H20FNO4S/c1-13(20(25)14-6-8-16(22)9-7-14)27-21(26)15-10-19(24)23(12-15)17-4-3-5-18(11-17)28-2/h3-9,11,13,15H,10,12H2,1-2H3/t13-,15+/m0/s1. The van der Waals surface area contributed by atoms with Crippen LogP contribution in [0, 0.1) is 11.7 Å². The van der Waals surface area contributed by atoms with Gasteiger partial charge in [-0.05, 0) is 55.6 Å². The van der Waals surface area contributed by atoms with Crippen LogP contribution in [0.15, 0.2) is 53.4 Å². The molecule has 0 N–H and O–H groups in total. The number of halogens is 1. The van der Waals surface area contributed by atoms with Crippen LogP contribution < -0.4 is 4.90 Å². The number of thioether (sulfide) groups is 1. The fourth-order valence-electron chi connectivity index (χ4n) is 3.07. The average Bonchev–Trinajstić information content (AvgIpc) is 3.10. The van der Waals surface area contributed by atoms with E-state index in [-0.39, 0.29) is 24.4 Å². The molecule has 1 fully saturated rings. The molecule has 2 atom stereocenters. The summed E-state index contributed by atoms with van der Waals surface area (Å²) in [6, 6.07) is 12.6. The molecule has 1 aliphatic heterocycles. The van der Waals surface area contributed by atoms with Gasteiger partial charge < -0.3 is 9.64 Å². The van der Waals surface area contributed by atoms with Crippen LogP contribution in [-0.2, 0) is 14.3 Å². The second-order valence-corrected chi connectivity index (χ2v) is 7.44. The van der Waals surface area contributed by atoms with E-state index in [1.54, 1.807) is 16.7 Å². The van der Waals surface area contributed by atoms with E-state index in [1.807, 2.05) is 30.5 Å².